The fourth-order valence-electron chi connectivity index (χ4n) is 1.13. The van der Waals surface area contributed by atoms with Crippen molar-refractivity contribution in [3.05, 3.63) is 0 Å². The largest absolute Gasteiger partial charge is 0.418 e. The molecule has 4 heteroatoms. The fourth-order valence-corrected chi connectivity index (χ4v) is 1.13. The van der Waals surface area contributed by atoms with Gasteiger partial charge in [0.25, 0.3) is 0 Å². The molecule has 0 radical (unpaired) electrons. The molecule has 0 aromatic carbocycles. The molecule has 1 aliphatic rings. The van der Waals surface area contributed by atoms with E-state index in [-0.39, 0.29) is 0 Å². The first-order valence-corrected chi connectivity index (χ1v) is 3.96. The van der Waals surface area contributed by atoms with Gasteiger partial charge in [-0.05, 0) is 25.9 Å². The Morgan fingerprint density at radius 1 is 1.50 bits per heavy atom. The second kappa shape index (κ2) is 4.62. The molecule has 0 aromatic rings. The molecule has 1 amide bonds. The molecule has 0 atom stereocenters. The Bertz CT molecular complexity index is 211. The summed E-state index contributed by atoms with van der Waals surface area (Å²) >= 11 is 0. The number of piperidine rings is 1. The number of carbonyl (C=O) groups excluding carboxylic acids is 1. The van der Waals surface area contributed by atoms with Crippen LogP contribution in [-0.2, 0) is 4.74 Å². The van der Waals surface area contributed by atoms with Crippen molar-refractivity contribution in [3.63, 3.8) is 0 Å². The number of nitrogens with two attached hydrogens (primary N) is 1. The number of ether oxygens (including phenoxy) is 1. The molecule has 12 heavy (non-hydrogen) atoms. The van der Waals surface area contributed by atoms with Gasteiger partial charge in [0, 0.05) is 5.92 Å². The molecule has 66 valence electrons. The molecular weight excluding hydrogens is 156 g/mol. The van der Waals surface area contributed by atoms with Crippen molar-refractivity contribution in [2.75, 3.05) is 13.1 Å². The van der Waals surface area contributed by atoms with E-state index in [2.05, 4.69) is 22.1 Å². The summed E-state index contributed by atoms with van der Waals surface area (Å²) in [6.07, 6.45) is 3.48. The molecule has 0 unspecified atom stereocenters. The van der Waals surface area contributed by atoms with Crippen LogP contribution in [-0.4, -0.2) is 19.2 Å². The molecule has 0 spiro atoms. The van der Waals surface area contributed by atoms with Gasteiger partial charge in [0.2, 0.25) is 0 Å². The Labute approximate surface area is 71.5 Å². The van der Waals surface area contributed by atoms with Gasteiger partial charge in [0.15, 0.2) is 0 Å². The summed E-state index contributed by atoms with van der Waals surface area (Å²) in [5.74, 6) is 3.18. The highest BCUT2D eigenvalue weighted by molar-refractivity contribution is 5.65. The molecule has 1 heterocycles. The summed E-state index contributed by atoms with van der Waals surface area (Å²) in [5, 5.41) is 3.21. The Hall–Kier alpha value is -1.21. The molecule has 0 aromatic heterocycles. The van der Waals surface area contributed by atoms with Gasteiger partial charge in [0.1, 0.15) is 6.11 Å². The predicted molar refractivity (Wildman–Crippen MR) is 44.0 cm³/mol. The molecular formula is C8H12N2O2. The van der Waals surface area contributed by atoms with E-state index in [1.807, 2.05) is 0 Å². The lowest BCUT2D eigenvalue weighted by Gasteiger charge is -2.16. The maximum Gasteiger partial charge on any atom is 0.418 e. The van der Waals surface area contributed by atoms with E-state index in [4.69, 9.17) is 5.73 Å². The van der Waals surface area contributed by atoms with Crippen LogP contribution in [0.25, 0.3) is 0 Å². The second-order valence-electron chi connectivity index (χ2n) is 2.69. The SMILES string of the molecule is NC(=O)OC#CC1CCNCC1. The predicted octanol–water partition coefficient (Wildman–Crippen LogP) is 0.0422. The molecule has 3 N–H and O–H groups in total. The van der Waals surface area contributed by atoms with Gasteiger partial charge < -0.3 is 15.8 Å². The zero-order valence-corrected chi connectivity index (χ0v) is 6.80. The lowest BCUT2D eigenvalue weighted by Crippen LogP contribution is -2.27. The lowest BCUT2D eigenvalue weighted by molar-refractivity contribution is 0.202. The summed E-state index contributed by atoms with van der Waals surface area (Å²) in [7, 11) is 0. The average molecular weight is 168 g/mol. The number of rotatable bonds is 0. The molecule has 0 saturated carbocycles. The van der Waals surface area contributed by atoms with Crippen LogP contribution in [0.1, 0.15) is 12.8 Å². The zero-order valence-electron chi connectivity index (χ0n) is 6.80. The topological polar surface area (TPSA) is 64.4 Å². The van der Waals surface area contributed by atoms with E-state index in [1.165, 1.54) is 0 Å². The monoisotopic (exact) mass is 168 g/mol. The summed E-state index contributed by atoms with van der Waals surface area (Å²) in [6, 6.07) is 0. The summed E-state index contributed by atoms with van der Waals surface area (Å²) in [5.41, 5.74) is 4.73. The summed E-state index contributed by atoms with van der Waals surface area (Å²) < 4.78 is 4.30. The minimum Gasteiger partial charge on any atom is -0.356 e. The van der Waals surface area contributed by atoms with Crippen LogP contribution >= 0.6 is 0 Å². The zero-order chi connectivity index (χ0) is 8.81. The third-order valence-electron chi connectivity index (χ3n) is 1.75. The van der Waals surface area contributed by atoms with Crippen LogP contribution in [0, 0.1) is 17.9 Å². The van der Waals surface area contributed by atoms with Crippen molar-refractivity contribution >= 4 is 6.09 Å². The molecule has 1 saturated heterocycles. The van der Waals surface area contributed by atoms with Gasteiger partial charge in [0.05, 0.1) is 0 Å². The van der Waals surface area contributed by atoms with E-state index in [1.54, 1.807) is 0 Å². The average Bonchev–Trinajstić information content (AvgIpc) is 2.05. The van der Waals surface area contributed by atoms with Gasteiger partial charge in [-0.2, -0.15) is 0 Å². The van der Waals surface area contributed by atoms with Crippen molar-refractivity contribution in [2.24, 2.45) is 11.7 Å². The first-order chi connectivity index (χ1) is 5.79. The maximum atomic E-state index is 10.1. The van der Waals surface area contributed by atoms with E-state index >= 15 is 0 Å². The highest BCUT2D eigenvalue weighted by Gasteiger charge is 2.09. The third-order valence-corrected chi connectivity index (χ3v) is 1.75. The Morgan fingerprint density at radius 2 is 2.17 bits per heavy atom. The van der Waals surface area contributed by atoms with Crippen molar-refractivity contribution in [2.45, 2.75) is 12.8 Å². The molecule has 0 aliphatic carbocycles. The lowest BCUT2D eigenvalue weighted by atomic mass is 10.00. The molecule has 1 rings (SSSR count). The summed E-state index contributed by atoms with van der Waals surface area (Å²) in [6.45, 7) is 1.96. The highest BCUT2D eigenvalue weighted by atomic mass is 16.5. The van der Waals surface area contributed by atoms with Crippen molar-refractivity contribution < 1.29 is 9.53 Å². The van der Waals surface area contributed by atoms with Crippen molar-refractivity contribution in [1.82, 2.24) is 5.32 Å². The first kappa shape index (κ1) is 8.88. The Kier molecular flexibility index (Phi) is 3.42. The Morgan fingerprint density at radius 3 is 2.75 bits per heavy atom. The van der Waals surface area contributed by atoms with Crippen molar-refractivity contribution in [3.8, 4) is 12.0 Å². The first-order valence-electron chi connectivity index (χ1n) is 3.96. The van der Waals surface area contributed by atoms with Crippen LogP contribution in [0.5, 0.6) is 0 Å². The molecule has 0 bridgehead atoms. The van der Waals surface area contributed by atoms with Crippen LogP contribution in [0.15, 0.2) is 0 Å². The number of carbonyl (C=O) groups is 1. The van der Waals surface area contributed by atoms with Crippen LogP contribution in [0.3, 0.4) is 0 Å². The minimum atomic E-state index is -0.837. The van der Waals surface area contributed by atoms with Gasteiger partial charge in [-0.3, -0.25) is 0 Å². The number of hydrogen-bond acceptors (Lipinski definition) is 3. The maximum absolute atomic E-state index is 10.1. The van der Waals surface area contributed by atoms with Crippen LogP contribution < -0.4 is 11.1 Å². The van der Waals surface area contributed by atoms with E-state index in [0.29, 0.717) is 5.92 Å². The van der Waals surface area contributed by atoms with E-state index in [0.717, 1.165) is 25.9 Å². The quantitative estimate of drug-likeness (QED) is 0.502. The Balaban J connectivity index is 2.26. The standard InChI is InChI=1S/C8H12N2O2/c9-8(11)12-6-3-7-1-4-10-5-2-7/h7,10H,1-2,4-5H2,(H2,9,11). The number of hydrogen-bond donors (Lipinski definition) is 2. The van der Waals surface area contributed by atoms with Gasteiger partial charge in [-0.1, -0.05) is 5.92 Å². The van der Waals surface area contributed by atoms with Gasteiger partial charge >= 0.3 is 6.09 Å². The number of amides is 1. The molecule has 1 fully saturated rings. The van der Waals surface area contributed by atoms with Crippen molar-refractivity contribution in [1.29, 1.82) is 0 Å². The normalized spacial score (nSPS) is 17.7. The van der Waals surface area contributed by atoms with Gasteiger partial charge in [-0.15, -0.1) is 0 Å². The highest BCUT2D eigenvalue weighted by Crippen LogP contribution is 2.09. The summed E-state index contributed by atoms with van der Waals surface area (Å²) in [4.78, 5) is 10.1. The molecule has 1 aliphatic heterocycles. The number of nitrogens with one attached hydrogen (secondary N) is 1. The fraction of sp³-hybridized carbons (Fsp3) is 0.625. The molecule has 4 nitrogen and oxygen atoms in total. The number of primary amides is 1. The third kappa shape index (κ3) is 3.26. The van der Waals surface area contributed by atoms with Gasteiger partial charge in [-0.25, -0.2) is 4.79 Å². The smallest absolute Gasteiger partial charge is 0.356 e. The van der Waals surface area contributed by atoms with Crippen LogP contribution in [0.2, 0.25) is 0 Å². The minimum absolute atomic E-state index is 0.339. The second-order valence-corrected chi connectivity index (χ2v) is 2.69. The van der Waals surface area contributed by atoms with E-state index < -0.39 is 6.09 Å². The van der Waals surface area contributed by atoms with E-state index in [9.17, 15) is 4.79 Å². The van der Waals surface area contributed by atoms with Crippen LogP contribution in [0.4, 0.5) is 4.79 Å².